The molecule has 1 N–H and O–H groups in total. The summed E-state index contributed by atoms with van der Waals surface area (Å²) in [5.41, 5.74) is 1.74. The molecular weight excluding hydrogens is 356 g/mol. The summed E-state index contributed by atoms with van der Waals surface area (Å²) in [5.74, 6) is 1.24. The average Bonchev–Trinajstić information content (AvgIpc) is 2.75. The molecule has 0 spiro atoms. The molecule has 0 aliphatic heterocycles. The lowest BCUT2D eigenvalue weighted by Crippen LogP contribution is -2.29. The predicted octanol–water partition coefficient (Wildman–Crippen LogP) is 4.42. The number of aromatic hydroxyl groups is 1. The molecule has 3 aromatic carbocycles. The Morgan fingerprint density at radius 3 is 1.93 bits per heavy atom. The van der Waals surface area contributed by atoms with E-state index in [1.165, 1.54) is 23.4 Å². The van der Waals surface area contributed by atoms with Crippen LogP contribution in [0.3, 0.4) is 0 Å². The first-order valence-corrected chi connectivity index (χ1v) is 8.55. The molecule has 142 valence electrons. The first kappa shape index (κ1) is 19.0. The van der Waals surface area contributed by atoms with Crippen molar-refractivity contribution in [1.82, 2.24) is 0 Å². The van der Waals surface area contributed by atoms with Gasteiger partial charge in [-0.1, -0.05) is 0 Å². The Bertz CT molecular complexity index is 949. The van der Waals surface area contributed by atoms with Gasteiger partial charge in [-0.15, -0.1) is 0 Å². The van der Waals surface area contributed by atoms with Gasteiger partial charge < -0.3 is 14.6 Å². The van der Waals surface area contributed by atoms with Crippen LogP contribution in [0.15, 0.2) is 77.8 Å². The molecule has 0 heterocycles. The van der Waals surface area contributed by atoms with Crippen LogP contribution in [-0.4, -0.2) is 31.6 Å². The van der Waals surface area contributed by atoms with E-state index in [1.54, 1.807) is 74.9 Å². The van der Waals surface area contributed by atoms with Crippen molar-refractivity contribution in [1.29, 1.82) is 0 Å². The van der Waals surface area contributed by atoms with Gasteiger partial charge in [-0.05, 0) is 72.8 Å². The molecule has 0 aromatic heterocycles. The van der Waals surface area contributed by atoms with Gasteiger partial charge in [-0.3, -0.25) is 9.69 Å². The summed E-state index contributed by atoms with van der Waals surface area (Å²) >= 11 is 0. The van der Waals surface area contributed by atoms with Crippen LogP contribution >= 0.6 is 0 Å². The van der Waals surface area contributed by atoms with Gasteiger partial charge in [0.25, 0.3) is 5.91 Å². The zero-order valence-electron chi connectivity index (χ0n) is 15.6. The van der Waals surface area contributed by atoms with Crippen molar-refractivity contribution in [3.05, 3.63) is 78.4 Å². The van der Waals surface area contributed by atoms with E-state index in [0.29, 0.717) is 22.7 Å². The molecule has 0 unspecified atom stereocenters. The number of nitrogens with zero attached hydrogens (tertiary/aromatic N) is 2. The summed E-state index contributed by atoms with van der Waals surface area (Å²) in [6.07, 6.45) is 1.47. The first-order chi connectivity index (χ1) is 13.6. The van der Waals surface area contributed by atoms with Crippen LogP contribution in [0.5, 0.6) is 17.2 Å². The number of amides is 1. The van der Waals surface area contributed by atoms with Crippen molar-refractivity contribution >= 4 is 23.6 Å². The second kappa shape index (κ2) is 8.73. The van der Waals surface area contributed by atoms with Gasteiger partial charge in [-0.25, -0.2) is 4.99 Å². The molecule has 0 saturated heterocycles. The number of aliphatic imine (C=N–C) groups is 1. The molecule has 0 fully saturated rings. The van der Waals surface area contributed by atoms with E-state index in [0.717, 1.165) is 5.75 Å². The number of phenolic OH excluding ortho intramolecular Hbond substituents is 1. The highest BCUT2D eigenvalue weighted by Crippen LogP contribution is 2.22. The second-order valence-corrected chi connectivity index (χ2v) is 5.86. The fourth-order valence-electron chi connectivity index (χ4n) is 2.51. The Morgan fingerprint density at radius 1 is 0.857 bits per heavy atom. The Hall–Kier alpha value is -3.80. The third-order valence-electron chi connectivity index (χ3n) is 4.08. The van der Waals surface area contributed by atoms with Crippen molar-refractivity contribution in [2.24, 2.45) is 4.99 Å². The number of methoxy groups -OCH3 is 2. The standard InChI is InChI=1S/C22H20N2O4/c1-27-20-11-5-17(6-12-20)23-15-24(18-7-13-21(28-2)14-8-18)22(26)16-3-9-19(25)10-4-16/h3-15,25H,1-2H3. The zero-order valence-corrected chi connectivity index (χ0v) is 15.6. The number of hydrogen-bond donors (Lipinski definition) is 1. The Kier molecular flexibility index (Phi) is 5.91. The number of ether oxygens (including phenoxy) is 2. The molecule has 3 aromatic rings. The quantitative estimate of drug-likeness (QED) is 0.511. The Labute approximate surface area is 163 Å². The third-order valence-corrected chi connectivity index (χ3v) is 4.08. The summed E-state index contributed by atoms with van der Waals surface area (Å²) in [5, 5.41) is 9.47. The lowest BCUT2D eigenvalue weighted by atomic mass is 10.2. The summed E-state index contributed by atoms with van der Waals surface area (Å²) in [6, 6.07) is 20.4. The molecule has 0 radical (unpaired) electrons. The smallest absolute Gasteiger partial charge is 0.263 e. The maximum absolute atomic E-state index is 13.0. The lowest BCUT2D eigenvalue weighted by molar-refractivity contribution is 0.100. The minimum absolute atomic E-state index is 0.0967. The van der Waals surface area contributed by atoms with E-state index in [-0.39, 0.29) is 11.7 Å². The molecule has 28 heavy (non-hydrogen) atoms. The third kappa shape index (κ3) is 4.48. The van der Waals surface area contributed by atoms with E-state index in [2.05, 4.69) is 4.99 Å². The van der Waals surface area contributed by atoms with E-state index in [9.17, 15) is 9.90 Å². The topological polar surface area (TPSA) is 71.4 Å². The predicted molar refractivity (Wildman–Crippen MR) is 109 cm³/mol. The molecule has 0 bridgehead atoms. The minimum Gasteiger partial charge on any atom is -0.508 e. The minimum atomic E-state index is -0.276. The van der Waals surface area contributed by atoms with Crippen molar-refractivity contribution in [3.8, 4) is 17.2 Å². The summed E-state index contributed by atoms with van der Waals surface area (Å²) < 4.78 is 10.3. The normalized spacial score (nSPS) is 10.6. The van der Waals surface area contributed by atoms with Crippen LogP contribution in [0.4, 0.5) is 11.4 Å². The highest BCUT2D eigenvalue weighted by molar-refractivity contribution is 6.16. The van der Waals surface area contributed by atoms with E-state index in [4.69, 9.17) is 9.47 Å². The maximum Gasteiger partial charge on any atom is 0.263 e. The fraction of sp³-hybridized carbons (Fsp3) is 0.0909. The van der Waals surface area contributed by atoms with E-state index >= 15 is 0 Å². The Balaban J connectivity index is 1.93. The second-order valence-electron chi connectivity index (χ2n) is 5.86. The van der Waals surface area contributed by atoms with Gasteiger partial charge in [0, 0.05) is 5.56 Å². The molecule has 6 heteroatoms. The molecule has 6 nitrogen and oxygen atoms in total. The Morgan fingerprint density at radius 2 is 1.39 bits per heavy atom. The number of phenols is 1. The van der Waals surface area contributed by atoms with Crippen LogP contribution in [0.25, 0.3) is 0 Å². The highest BCUT2D eigenvalue weighted by Gasteiger charge is 2.16. The van der Waals surface area contributed by atoms with Crippen LogP contribution in [-0.2, 0) is 0 Å². The largest absolute Gasteiger partial charge is 0.508 e. The average molecular weight is 376 g/mol. The molecule has 0 atom stereocenters. The molecule has 0 aliphatic rings. The van der Waals surface area contributed by atoms with Crippen molar-refractivity contribution < 1.29 is 19.4 Å². The van der Waals surface area contributed by atoms with Gasteiger partial charge in [0.1, 0.15) is 23.6 Å². The summed E-state index contributed by atoms with van der Waals surface area (Å²) in [7, 11) is 3.18. The van der Waals surface area contributed by atoms with Gasteiger partial charge in [0.2, 0.25) is 0 Å². The van der Waals surface area contributed by atoms with E-state index < -0.39 is 0 Å². The number of benzene rings is 3. The lowest BCUT2D eigenvalue weighted by Gasteiger charge is -2.18. The molecule has 0 aliphatic carbocycles. The SMILES string of the molecule is COc1ccc(N=CN(C(=O)c2ccc(O)cc2)c2ccc(OC)cc2)cc1. The number of anilines is 1. The fourth-order valence-corrected chi connectivity index (χ4v) is 2.51. The molecular formula is C22H20N2O4. The van der Waals surface area contributed by atoms with Gasteiger partial charge in [0.15, 0.2) is 0 Å². The van der Waals surface area contributed by atoms with Crippen molar-refractivity contribution in [2.45, 2.75) is 0 Å². The van der Waals surface area contributed by atoms with Gasteiger partial charge in [0.05, 0.1) is 25.6 Å². The number of carbonyl (C=O) groups excluding carboxylic acids is 1. The molecule has 3 rings (SSSR count). The monoisotopic (exact) mass is 376 g/mol. The van der Waals surface area contributed by atoms with Crippen molar-refractivity contribution in [3.63, 3.8) is 0 Å². The van der Waals surface area contributed by atoms with Crippen LogP contribution in [0.1, 0.15) is 10.4 Å². The van der Waals surface area contributed by atoms with Gasteiger partial charge in [-0.2, -0.15) is 0 Å². The number of rotatable bonds is 6. The van der Waals surface area contributed by atoms with Crippen LogP contribution in [0, 0.1) is 0 Å². The number of hydrogen-bond acceptors (Lipinski definition) is 5. The van der Waals surface area contributed by atoms with Gasteiger partial charge >= 0.3 is 0 Å². The first-order valence-electron chi connectivity index (χ1n) is 8.55. The maximum atomic E-state index is 13.0. The van der Waals surface area contributed by atoms with Crippen molar-refractivity contribution in [2.75, 3.05) is 19.1 Å². The zero-order chi connectivity index (χ0) is 19.9. The highest BCUT2D eigenvalue weighted by atomic mass is 16.5. The van der Waals surface area contributed by atoms with Crippen LogP contribution < -0.4 is 14.4 Å². The summed E-state index contributed by atoms with van der Waals surface area (Å²) in [4.78, 5) is 18.9. The molecule has 0 saturated carbocycles. The van der Waals surface area contributed by atoms with Crippen LogP contribution in [0.2, 0.25) is 0 Å². The number of carbonyl (C=O) groups is 1. The summed E-state index contributed by atoms with van der Waals surface area (Å²) in [6.45, 7) is 0. The molecule has 1 amide bonds. The van der Waals surface area contributed by atoms with E-state index in [1.807, 2.05) is 0 Å².